The second-order valence-electron chi connectivity index (χ2n) is 5.51. The largest absolute Gasteiger partial charge is 0.320 e. The molecule has 1 aromatic rings. The van der Waals surface area contributed by atoms with Crippen LogP contribution in [0.1, 0.15) is 37.3 Å². The molecule has 1 aromatic carbocycles. The number of rotatable bonds is 3. The first-order chi connectivity index (χ1) is 9.36. The SMILES string of the molecule is Cc1ccc(C#CCN)cc1S(=O)(=O)NC1(C)CCC1. The minimum Gasteiger partial charge on any atom is -0.320 e. The number of sulfonamides is 1. The first kappa shape index (κ1) is 15.0. The van der Waals surface area contributed by atoms with E-state index in [2.05, 4.69) is 16.6 Å². The summed E-state index contributed by atoms with van der Waals surface area (Å²) in [6, 6.07) is 5.20. The van der Waals surface area contributed by atoms with Crippen LogP contribution >= 0.6 is 0 Å². The molecule has 0 saturated heterocycles. The van der Waals surface area contributed by atoms with Gasteiger partial charge in [-0.25, -0.2) is 13.1 Å². The molecule has 0 heterocycles. The number of hydrogen-bond acceptors (Lipinski definition) is 3. The van der Waals surface area contributed by atoms with Gasteiger partial charge in [-0.2, -0.15) is 0 Å². The number of benzene rings is 1. The predicted octanol–water partition coefficient (Wildman–Crippen LogP) is 1.53. The van der Waals surface area contributed by atoms with Crippen LogP contribution in [0.2, 0.25) is 0 Å². The molecule has 20 heavy (non-hydrogen) atoms. The van der Waals surface area contributed by atoms with E-state index in [-0.39, 0.29) is 12.1 Å². The molecule has 0 bridgehead atoms. The van der Waals surface area contributed by atoms with Crippen molar-refractivity contribution in [3.8, 4) is 11.8 Å². The van der Waals surface area contributed by atoms with Crippen molar-refractivity contribution in [1.29, 1.82) is 0 Å². The third kappa shape index (κ3) is 3.21. The third-order valence-electron chi connectivity index (χ3n) is 3.65. The van der Waals surface area contributed by atoms with Gasteiger partial charge in [-0.05, 0) is 50.8 Å². The number of hydrogen-bond donors (Lipinski definition) is 2. The molecule has 0 aliphatic heterocycles. The van der Waals surface area contributed by atoms with Crippen LogP contribution in [-0.2, 0) is 10.0 Å². The van der Waals surface area contributed by atoms with Gasteiger partial charge in [0.1, 0.15) is 0 Å². The molecular formula is C15H20N2O2S. The Morgan fingerprint density at radius 1 is 1.40 bits per heavy atom. The average molecular weight is 292 g/mol. The second kappa shape index (κ2) is 5.57. The lowest BCUT2D eigenvalue weighted by Gasteiger charge is -2.38. The summed E-state index contributed by atoms with van der Waals surface area (Å²) >= 11 is 0. The van der Waals surface area contributed by atoms with E-state index in [1.54, 1.807) is 19.1 Å². The Kier molecular flexibility index (Phi) is 4.19. The Labute approximate surface area is 120 Å². The molecule has 0 radical (unpaired) electrons. The maximum Gasteiger partial charge on any atom is 0.241 e. The molecule has 108 valence electrons. The third-order valence-corrected chi connectivity index (χ3v) is 5.43. The van der Waals surface area contributed by atoms with Crippen LogP contribution in [0.4, 0.5) is 0 Å². The standard InChI is InChI=1S/C15H20N2O2S/c1-12-6-7-13(5-3-10-16)11-14(12)20(18,19)17-15(2)8-4-9-15/h6-7,11,17H,4,8-10,16H2,1-2H3. The molecule has 1 aliphatic rings. The molecule has 4 nitrogen and oxygen atoms in total. The highest BCUT2D eigenvalue weighted by Crippen LogP contribution is 2.33. The quantitative estimate of drug-likeness (QED) is 0.830. The molecule has 1 fully saturated rings. The van der Waals surface area contributed by atoms with Gasteiger partial charge in [-0.3, -0.25) is 0 Å². The van der Waals surface area contributed by atoms with E-state index in [9.17, 15) is 8.42 Å². The minimum atomic E-state index is -3.51. The van der Waals surface area contributed by atoms with Crippen molar-refractivity contribution in [3.05, 3.63) is 29.3 Å². The Bertz CT molecular complexity index is 665. The summed E-state index contributed by atoms with van der Waals surface area (Å²) in [5.41, 5.74) is 6.42. The molecule has 1 aliphatic carbocycles. The summed E-state index contributed by atoms with van der Waals surface area (Å²) in [5, 5.41) is 0. The maximum absolute atomic E-state index is 12.5. The van der Waals surface area contributed by atoms with Crippen molar-refractivity contribution in [3.63, 3.8) is 0 Å². The lowest BCUT2D eigenvalue weighted by Crippen LogP contribution is -2.50. The van der Waals surface area contributed by atoms with E-state index in [1.807, 2.05) is 13.0 Å². The summed E-state index contributed by atoms with van der Waals surface area (Å²) in [6.45, 7) is 3.99. The number of nitrogens with two attached hydrogens (primary N) is 1. The topological polar surface area (TPSA) is 72.2 Å². The van der Waals surface area contributed by atoms with Crippen molar-refractivity contribution in [2.24, 2.45) is 5.73 Å². The van der Waals surface area contributed by atoms with Crippen LogP contribution in [0.3, 0.4) is 0 Å². The first-order valence-corrected chi connectivity index (χ1v) is 8.18. The summed E-state index contributed by atoms with van der Waals surface area (Å²) in [7, 11) is -3.51. The molecule has 0 unspecified atom stereocenters. The zero-order chi connectivity index (χ0) is 14.8. The molecule has 0 amide bonds. The molecule has 0 aromatic heterocycles. The molecule has 0 spiro atoms. The summed E-state index contributed by atoms with van der Waals surface area (Å²) in [6.07, 6.45) is 2.84. The van der Waals surface area contributed by atoms with Crippen LogP contribution in [0.15, 0.2) is 23.1 Å². The van der Waals surface area contributed by atoms with Gasteiger partial charge in [0, 0.05) is 11.1 Å². The molecular weight excluding hydrogens is 272 g/mol. The summed E-state index contributed by atoms with van der Waals surface area (Å²) < 4.78 is 27.8. The van der Waals surface area contributed by atoms with Crippen LogP contribution in [0, 0.1) is 18.8 Å². The van der Waals surface area contributed by atoms with Gasteiger partial charge in [-0.1, -0.05) is 17.9 Å². The smallest absolute Gasteiger partial charge is 0.241 e. The zero-order valence-electron chi connectivity index (χ0n) is 11.9. The van der Waals surface area contributed by atoms with E-state index in [4.69, 9.17) is 5.73 Å². The highest BCUT2D eigenvalue weighted by atomic mass is 32.2. The van der Waals surface area contributed by atoms with Crippen molar-refractivity contribution in [1.82, 2.24) is 4.72 Å². The van der Waals surface area contributed by atoms with Gasteiger partial charge in [0.2, 0.25) is 10.0 Å². The van der Waals surface area contributed by atoms with Gasteiger partial charge in [-0.15, -0.1) is 0 Å². The normalized spacial score (nSPS) is 16.9. The summed E-state index contributed by atoms with van der Waals surface area (Å²) in [5.74, 6) is 5.60. The first-order valence-electron chi connectivity index (χ1n) is 6.70. The fourth-order valence-corrected chi connectivity index (χ4v) is 4.05. The predicted molar refractivity (Wildman–Crippen MR) is 79.7 cm³/mol. The fraction of sp³-hybridized carbons (Fsp3) is 0.467. The Hall–Kier alpha value is -1.35. The molecule has 2 rings (SSSR count). The summed E-state index contributed by atoms with van der Waals surface area (Å²) in [4.78, 5) is 0.300. The molecule has 0 atom stereocenters. The number of nitrogens with one attached hydrogen (secondary N) is 1. The van der Waals surface area contributed by atoms with Crippen LogP contribution in [0.5, 0.6) is 0 Å². The Morgan fingerprint density at radius 2 is 2.10 bits per heavy atom. The Balaban J connectivity index is 2.35. The van der Waals surface area contributed by atoms with E-state index in [0.717, 1.165) is 24.8 Å². The van der Waals surface area contributed by atoms with E-state index < -0.39 is 10.0 Å². The molecule has 3 N–H and O–H groups in total. The minimum absolute atomic E-state index is 0.256. The highest BCUT2D eigenvalue weighted by Gasteiger charge is 2.36. The number of aryl methyl sites for hydroxylation is 1. The Morgan fingerprint density at radius 3 is 2.65 bits per heavy atom. The van der Waals surface area contributed by atoms with Crippen LogP contribution in [-0.4, -0.2) is 20.5 Å². The van der Waals surface area contributed by atoms with Gasteiger partial charge < -0.3 is 5.73 Å². The monoisotopic (exact) mass is 292 g/mol. The van der Waals surface area contributed by atoms with Crippen molar-refractivity contribution >= 4 is 10.0 Å². The fourth-order valence-electron chi connectivity index (χ4n) is 2.31. The molecule has 5 heteroatoms. The van der Waals surface area contributed by atoms with Gasteiger partial charge in [0.05, 0.1) is 11.4 Å². The van der Waals surface area contributed by atoms with Crippen LogP contribution < -0.4 is 10.5 Å². The highest BCUT2D eigenvalue weighted by molar-refractivity contribution is 7.89. The van der Waals surface area contributed by atoms with Crippen LogP contribution in [0.25, 0.3) is 0 Å². The van der Waals surface area contributed by atoms with Gasteiger partial charge in [0.25, 0.3) is 0 Å². The maximum atomic E-state index is 12.5. The van der Waals surface area contributed by atoms with E-state index in [1.165, 1.54) is 0 Å². The van der Waals surface area contributed by atoms with E-state index >= 15 is 0 Å². The van der Waals surface area contributed by atoms with Crippen molar-refractivity contribution in [2.75, 3.05) is 6.54 Å². The lowest BCUT2D eigenvalue weighted by molar-refractivity contribution is 0.248. The average Bonchev–Trinajstić information content (AvgIpc) is 2.35. The van der Waals surface area contributed by atoms with Gasteiger partial charge >= 0.3 is 0 Å². The zero-order valence-corrected chi connectivity index (χ0v) is 12.7. The van der Waals surface area contributed by atoms with Crippen molar-refractivity contribution < 1.29 is 8.42 Å². The lowest BCUT2D eigenvalue weighted by atomic mass is 9.80. The molecule has 1 saturated carbocycles. The van der Waals surface area contributed by atoms with E-state index in [0.29, 0.717) is 10.5 Å². The van der Waals surface area contributed by atoms with Crippen molar-refractivity contribution in [2.45, 2.75) is 43.5 Å². The second-order valence-corrected chi connectivity index (χ2v) is 7.16. The van der Waals surface area contributed by atoms with Gasteiger partial charge in [0.15, 0.2) is 0 Å².